The van der Waals surface area contributed by atoms with E-state index < -0.39 is 26.2 Å². The van der Waals surface area contributed by atoms with Crippen molar-refractivity contribution in [3.8, 4) is 34.2 Å². The summed E-state index contributed by atoms with van der Waals surface area (Å²) in [6.07, 6.45) is 3.46. The molecule has 0 aliphatic heterocycles. The van der Waals surface area contributed by atoms with Crippen molar-refractivity contribution in [1.82, 2.24) is 14.5 Å². The Labute approximate surface area is 237 Å². The SMILES string of the molecule is CCCCc1nc(=O)c(S(=O)(=O)c2ccc(-c3cccc4cccnc34)cc2)c(O)n1-c1c(OC)cccc1OC. The molecule has 0 bridgehead atoms. The average molecular weight is 572 g/mol. The average Bonchev–Trinajstić information content (AvgIpc) is 2.99. The second kappa shape index (κ2) is 11.4. The van der Waals surface area contributed by atoms with Gasteiger partial charge in [-0.25, -0.2) is 8.42 Å². The first kappa shape index (κ1) is 27.9. The number of benzene rings is 3. The number of aromatic nitrogens is 3. The van der Waals surface area contributed by atoms with Crippen LogP contribution in [-0.2, 0) is 16.3 Å². The molecule has 5 aromatic rings. The fraction of sp³-hybridized carbons (Fsp3) is 0.194. The van der Waals surface area contributed by atoms with Crippen LogP contribution in [0.15, 0.2) is 93.6 Å². The number of aromatic hydroxyl groups is 1. The third kappa shape index (κ3) is 5.02. The lowest BCUT2D eigenvalue weighted by molar-refractivity contribution is 0.374. The van der Waals surface area contributed by atoms with Gasteiger partial charge in [0.25, 0.3) is 5.56 Å². The number of para-hydroxylation sites is 2. The molecule has 9 nitrogen and oxygen atoms in total. The zero-order valence-electron chi connectivity index (χ0n) is 22.9. The Morgan fingerprint density at radius 2 is 1.56 bits per heavy atom. The van der Waals surface area contributed by atoms with Crippen LogP contribution in [0.1, 0.15) is 25.6 Å². The molecule has 210 valence electrons. The van der Waals surface area contributed by atoms with Gasteiger partial charge in [-0.1, -0.05) is 55.8 Å². The number of nitrogens with zero attached hydrogens (tertiary/aromatic N) is 3. The maximum Gasteiger partial charge on any atom is 0.296 e. The number of sulfone groups is 1. The predicted molar refractivity (Wildman–Crippen MR) is 156 cm³/mol. The molecule has 0 saturated carbocycles. The number of aryl methyl sites for hydroxylation is 1. The van der Waals surface area contributed by atoms with Crippen molar-refractivity contribution in [3.63, 3.8) is 0 Å². The molecular weight excluding hydrogens is 542 g/mol. The molecule has 2 heterocycles. The van der Waals surface area contributed by atoms with Crippen molar-refractivity contribution in [2.75, 3.05) is 14.2 Å². The first-order chi connectivity index (χ1) is 19.8. The van der Waals surface area contributed by atoms with Crippen LogP contribution >= 0.6 is 0 Å². The molecule has 10 heteroatoms. The summed E-state index contributed by atoms with van der Waals surface area (Å²) in [4.78, 5) is 20.9. The second-order valence-corrected chi connectivity index (χ2v) is 11.2. The predicted octanol–water partition coefficient (Wildman–Crippen LogP) is 5.35. The minimum atomic E-state index is -4.49. The Bertz CT molecular complexity index is 1870. The lowest BCUT2D eigenvalue weighted by Crippen LogP contribution is -2.25. The lowest BCUT2D eigenvalue weighted by Gasteiger charge is -2.21. The van der Waals surface area contributed by atoms with Gasteiger partial charge in [0, 0.05) is 23.6 Å². The Kier molecular flexibility index (Phi) is 7.76. The van der Waals surface area contributed by atoms with Crippen LogP contribution in [0.2, 0.25) is 0 Å². The summed E-state index contributed by atoms with van der Waals surface area (Å²) in [7, 11) is -1.60. The third-order valence-corrected chi connectivity index (χ3v) is 8.64. The Balaban J connectivity index is 1.68. The molecule has 0 saturated heterocycles. The van der Waals surface area contributed by atoms with Crippen molar-refractivity contribution in [2.24, 2.45) is 0 Å². The van der Waals surface area contributed by atoms with Crippen LogP contribution in [0, 0.1) is 0 Å². The number of unbranched alkanes of at least 4 members (excludes halogenated alkanes) is 1. The number of ether oxygens (including phenoxy) is 2. The van der Waals surface area contributed by atoms with Crippen LogP contribution in [0.25, 0.3) is 27.7 Å². The van der Waals surface area contributed by atoms with Gasteiger partial charge in [-0.15, -0.1) is 0 Å². The minimum absolute atomic E-state index is 0.163. The molecule has 0 aliphatic carbocycles. The van der Waals surface area contributed by atoms with E-state index in [1.807, 2.05) is 37.3 Å². The van der Waals surface area contributed by atoms with E-state index in [-0.39, 0.29) is 16.4 Å². The molecule has 3 aromatic carbocycles. The van der Waals surface area contributed by atoms with Gasteiger partial charge < -0.3 is 14.6 Å². The fourth-order valence-corrected chi connectivity index (χ4v) is 6.17. The molecule has 0 radical (unpaired) electrons. The summed E-state index contributed by atoms with van der Waals surface area (Å²) >= 11 is 0. The van der Waals surface area contributed by atoms with Crippen LogP contribution in [0.5, 0.6) is 17.4 Å². The van der Waals surface area contributed by atoms with E-state index in [0.29, 0.717) is 24.3 Å². The van der Waals surface area contributed by atoms with Gasteiger partial charge in [0.1, 0.15) is 23.0 Å². The molecule has 0 aliphatic rings. The smallest absolute Gasteiger partial charge is 0.296 e. The van der Waals surface area contributed by atoms with Crippen molar-refractivity contribution >= 4 is 20.7 Å². The molecule has 2 aromatic heterocycles. The zero-order valence-corrected chi connectivity index (χ0v) is 23.7. The number of hydrogen-bond acceptors (Lipinski definition) is 8. The van der Waals surface area contributed by atoms with E-state index in [9.17, 15) is 18.3 Å². The van der Waals surface area contributed by atoms with Gasteiger partial charge in [0.05, 0.1) is 24.6 Å². The highest BCUT2D eigenvalue weighted by Gasteiger charge is 2.31. The molecule has 1 N–H and O–H groups in total. The van der Waals surface area contributed by atoms with E-state index in [4.69, 9.17) is 9.47 Å². The quantitative estimate of drug-likeness (QED) is 0.252. The normalized spacial score (nSPS) is 11.5. The molecule has 0 atom stereocenters. The maximum atomic E-state index is 13.9. The van der Waals surface area contributed by atoms with Crippen molar-refractivity contribution in [1.29, 1.82) is 0 Å². The largest absolute Gasteiger partial charge is 0.494 e. The maximum absolute atomic E-state index is 13.9. The summed E-state index contributed by atoms with van der Waals surface area (Å²) in [5.41, 5.74) is 1.57. The van der Waals surface area contributed by atoms with Gasteiger partial charge in [-0.05, 0) is 42.3 Å². The van der Waals surface area contributed by atoms with E-state index in [1.165, 1.54) is 30.9 Å². The first-order valence-electron chi connectivity index (χ1n) is 13.1. The second-order valence-electron chi connectivity index (χ2n) is 9.34. The van der Waals surface area contributed by atoms with Gasteiger partial charge in [-0.2, -0.15) is 4.98 Å². The van der Waals surface area contributed by atoms with Crippen molar-refractivity contribution in [2.45, 2.75) is 36.0 Å². The monoisotopic (exact) mass is 571 g/mol. The summed E-state index contributed by atoms with van der Waals surface area (Å²) in [6, 6.07) is 20.7. The topological polar surface area (TPSA) is 121 Å². The molecule has 41 heavy (non-hydrogen) atoms. The molecule has 0 spiro atoms. The Morgan fingerprint density at radius 3 is 2.22 bits per heavy atom. The molecule has 5 rings (SSSR count). The van der Waals surface area contributed by atoms with Gasteiger partial charge in [-0.3, -0.25) is 14.3 Å². The first-order valence-corrected chi connectivity index (χ1v) is 14.6. The standard InChI is InChI=1S/C31H29N3O6S/c1-4-5-14-26-33-30(35)29(31(36)34(26)28-24(39-2)12-7-13-25(28)40-3)41(37,38)22-17-15-20(16-18-22)23-11-6-9-21-10-8-19-32-27(21)23/h6-13,15-19,36H,4-5,14H2,1-3H3. The van der Waals surface area contributed by atoms with Crippen LogP contribution in [-0.4, -0.2) is 42.3 Å². The highest BCUT2D eigenvalue weighted by atomic mass is 32.2. The van der Waals surface area contributed by atoms with E-state index >= 15 is 0 Å². The number of pyridine rings is 1. The van der Waals surface area contributed by atoms with Gasteiger partial charge in [0.2, 0.25) is 15.7 Å². The highest BCUT2D eigenvalue weighted by molar-refractivity contribution is 7.91. The lowest BCUT2D eigenvalue weighted by atomic mass is 10.0. The van der Waals surface area contributed by atoms with Crippen molar-refractivity contribution in [3.05, 3.63) is 95.2 Å². The van der Waals surface area contributed by atoms with Crippen LogP contribution < -0.4 is 15.0 Å². The highest BCUT2D eigenvalue weighted by Crippen LogP contribution is 2.38. The Morgan fingerprint density at radius 1 is 0.902 bits per heavy atom. The van der Waals surface area contributed by atoms with Crippen LogP contribution in [0.4, 0.5) is 0 Å². The van der Waals surface area contributed by atoms with Crippen LogP contribution in [0.3, 0.4) is 0 Å². The number of hydrogen-bond donors (Lipinski definition) is 1. The summed E-state index contributed by atoms with van der Waals surface area (Å²) in [6.45, 7) is 1.97. The van der Waals surface area contributed by atoms with Gasteiger partial charge >= 0.3 is 0 Å². The minimum Gasteiger partial charge on any atom is -0.494 e. The number of rotatable bonds is 9. The van der Waals surface area contributed by atoms with E-state index in [1.54, 1.807) is 36.5 Å². The summed E-state index contributed by atoms with van der Waals surface area (Å²) < 4.78 is 40.0. The van der Waals surface area contributed by atoms with E-state index in [0.717, 1.165) is 28.5 Å². The molecule has 0 unspecified atom stereocenters. The Hall–Kier alpha value is -4.70. The molecular formula is C31H29N3O6S. The molecule has 0 amide bonds. The zero-order chi connectivity index (χ0) is 29.1. The number of fused-ring (bicyclic) bond motifs is 1. The molecule has 0 fully saturated rings. The fourth-order valence-electron chi connectivity index (χ4n) is 4.83. The van der Waals surface area contributed by atoms with E-state index in [2.05, 4.69) is 9.97 Å². The number of methoxy groups -OCH3 is 2. The summed E-state index contributed by atoms with van der Waals surface area (Å²) in [5, 5.41) is 12.5. The van der Waals surface area contributed by atoms with Crippen molar-refractivity contribution < 1.29 is 23.0 Å². The summed E-state index contributed by atoms with van der Waals surface area (Å²) in [5.74, 6) is 0.0367. The van der Waals surface area contributed by atoms with Gasteiger partial charge in [0.15, 0.2) is 4.90 Å². The third-order valence-electron chi connectivity index (χ3n) is 6.85.